The van der Waals surface area contributed by atoms with Gasteiger partial charge < -0.3 is 14.2 Å². The Hall–Kier alpha value is -1.52. The molecule has 0 radical (unpaired) electrons. The van der Waals surface area contributed by atoms with E-state index in [-0.39, 0.29) is 5.91 Å². The highest BCUT2D eigenvalue weighted by atomic mass is 16.5. The normalized spacial score (nSPS) is 19.7. The number of likely N-dealkylation sites (tertiary alicyclic amines) is 1. The molecule has 5 heteroatoms. The second-order valence-electron chi connectivity index (χ2n) is 5.42. The van der Waals surface area contributed by atoms with Gasteiger partial charge in [0.05, 0.1) is 7.11 Å². The van der Waals surface area contributed by atoms with Crippen molar-refractivity contribution in [1.29, 1.82) is 0 Å². The lowest BCUT2D eigenvalue weighted by Gasteiger charge is -2.20. The molecule has 20 heavy (non-hydrogen) atoms. The van der Waals surface area contributed by atoms with Crippen molar-refractivity contribution in [2.45, 2.75) is 45.4 Å². The number of methoxy groups -OCH3 is 1. The van der Waals surface area contributed by atoms with Gasteiger partial charge in [0, 0.05) is 32.0 Å². The van der Waals surface area contributed by atoms with E-state index < -0.39 is 0 Å². The predicted octanol–water partition coefficient (Wildman–Crippen LogP) is 2.65. The van der Waals surface area contributed by atoms with Crippen molar-refractivity contribution in [3.8, 4) is 5.88 Å². The van der Waals surface area contributed by atoms with Gasteiger partial charge in [0.15, 0.2) is 0 Å². The summed E-state index contributed by atoms with van der Waals surface area (Å²) in [6, 6.07) is 1.74. The molecule has 1 aromatic heterocycles. The first-order chi connectivity index (χ1) is 9.72. The van der Waals surface area contributed by atoms with Gasteiger partial charge in [-0.1, -0.05) is 13.3 Å². The lowest BCUT2D eigenvalue weighted by Crippen LogP contribution is -2.32. The smallest absolute Gasteiger partial charge is 0.254 e. The van der Waals surface area contributed by atoms with Crippen LogP contribution in [-0.2, 0) is 11.2 Å². The minimum absolute atomic E-state index is 0.220. The topological polar surface area (TPSA) is 55.6 Å². The first-order valence-electron chi connectivity index (χ1n) is 7.50. The highest BCUT2D eigenvalue weighted by molar-refractivity contribution is 5.76. The molecule has 0 saturated carbocycles. The van der Waals surface area contributed by atoms with Gasteiger partial charge in [-0.15, -0.1) is 0 Å². The van der Waals surface area contributed by atoms with Crippen LogP contribution in [-0.4, -0.2) is 36.2 Å². The molecule has 1 saturated heterocycles. The average molecular weight is 280 g/mol. The van der Waals surface area contributed by atoms with E-state index in [2.05, 4.69) is 12.1 Å². The maximum atomic E-state index is 12.2. The van der Waals surface area contributed by atoms with Crippen molar-refractivity contribution < 1.29 is 14.1 Å². The number of aryl methyl sites for hydroxylation is 1. The second-order valence-corrected chi connectivity index (χ2v) is 5.42. The zero-order valence-corrected chi connectivity index (χ0v) is 12.4. The van der Waals surface area contributed by atoms with E-state index in [9.17, 15) is 4.79 Å². The van der Waals surface area contributed by atoms with Crippen LogP contribution in [0, 0.1) is 5.92 Å². The molecule has 1 aromatic rings. The molecular formula is C15H24N2O3. The minimum Gasteiger partial charge on any atom is -0.479 e. The van der Waals surface area contributed by atoms with E-state index in [0.717, 1.165) is 31.8 Å². The zero-order valence-electron chi connectivity index (χ0n) is 12.4. The van der Waals surface area contributed by atoms with E-state index in [1.807, 2.05) is 4.90 Å². The molecule has 0 bridgehead atoms. The molecule has 112 valence electrons. The van der Waals surface area contributed by atoms with Gasteiger partial charge in [-0.05, 0) is 30.3 Å². The molecule has 1 fully saturated rings. The lowest BCUT2D eigenvalue weighted by molar-refractivity contribution is -0.131. The number of carbonyl (C=O) groups is 1. The van der Waals surface area contributed by atoms with Gasteiger partial charge in [0.2, 0.25) is 5.91 Å². The number of ether oxygens (including phenoxy) is 1. The number of aromatic nitrogens is 1. The fourth-order valence-electron chi connectivity index (χ4n) is 2.72. The van der Waals surface area contributed by atoms with Crippen molar-refractivity contribution in [3.63, 3.8) is 0 Å². The molecule has 0 N–H and O–H groups in total. The SMILES string of the molecule is CCC1CCCN(C(=O)CCc2cc(OC)no2)CC1. The van der Waals surface area contributed by atoms with Crippen LogP contribution in [0.1, 0.15) is 44.8 Å². The molecule has 0 aromatic carbocycles. The summed E-state index contributed by atoms with van der Waals surface area (Å²) in [5.41, 5.74) is 0. The van der Waals surface area contributed by atoms with Crippen molar-refractivity contribution in [2.24, 2.45) is 5.92 Å². The van der Waals surface area contributed by atoms with Crippen molar-refractivity contribution in [2.75, 3.05) is 20.2 Å². The summed E-state index contributed by atoms with van der Waals surface area (Å²) in [4.78, 5) is 14.2. The molecule has 5 nitrogen and oxygen atoms in total. The summed E-state index contributed by atoms with van der Waals surface area (Å²) in [6.45, 7) is 4.03. The van der Waals surface area contributed by atoms with Crippen LogP contribution in [0.4, 0.5) is 0 Å². The zero-order chi connectivity index (χ0) is 14.4. The van der Waals surface area contributed by atoms with E-state index >= 15 is 0 Å². The van der Waals surface area contributed by atoms with E-state index in [4.69, 9.17) is 9.26 Å². The first-order valence-corrected chi connectivity index (χ1v) is 7.50. The standard InChI is InChI=1S/C15H24N2O3/c1-3-12-5-4-9-17(10-8-12)15(18)7-6-13-11-14(19-2)16-20-13/h11-12H,3-10H2,1-2H3. The highest BCUT2D eigenvalue weighted by Gasteiger charge is 2.20. The van der Waals surface area contributed by atoms with Crippen LogP contribution >= 0.6 is 0 Å². The van der Waals surface area contributed by atoms with Crippen LogP contribution in [0.5, 0.6) is 5.88 Å². The van der Waals surface area contributed by atoms with Gasteiger partial charge in [0.1, 0.15) is 5.76 Å². The third-order valence-electron chi connectivity index (χ3n) is 4.11. The fraction of sp³-hybridized carbons (Fsp3) is 0.733. The van der Waals surface area contributed by atoms with Gasteiger partial charge in [-0.3, -0.25) is 4.79 Å². The Morgan fingerprint density at radius 3 is 3.05 bits per heavy atom. The molecule has 1 unspecified atom stereocenters. The summed E-state index contributed by atoms with van der Waals surface area (Å²) >= 11 is 0. The lowest BCUT2D eigenvalue weighted by atomic mass is 9.98. The van der Waals surface area contributed by atoms with Crippen LogP contribution in [0.2, 0.25) is 0 Å². The van der Waals surface area contributed by atoms with Crippen LogP contribution < -0.4 is 4.74 Å². The molecule has 1 aliphatic heterocycles. The summed E-state index contributed by atoms with van der Waals surface area (Å²) < 4.78 is 10.1. The number of amides is 1. The van der Waals surface area contributed by atoms with E-state index in [1.54, 1.807) is 13.2 Å². The molecule has 0 spiro atoms. The third kappa shape index (κ3) is 3.99. The Kier molecular flexibility index (Phi) is 5.44. The maximum absolute atomic E-state index is 12.2. The number of hydrogen-bond donors (Lipinski definition) is 0. The Bertz CT molecular complexity index is 431. The predicted molar refractivity (Wildman–Crippen MR) is 75.6 cm³/mol. The van der Waals surface area contributed by atoms with Crippen molar-refractivity contribution in [1.82, 2.24) is 10.1 Å². The van der Waals surface area contributed by atoms with Crippen molar-refractivity contribution in [3.05, 3.63) is 11.8 Å². The molecule has 0 aliphatic carbocycles. The summed E-state index contributed by atoms with van der Waals surface area (Å²) in [7, 11) is 1.55. The average Bonchev–Trinajstić information content (AvgIpc) is 2.80. The Morgan fingerprint density at radius 2 is 2.35 bits per heavy atom. The maximum Gasteiger partial charge on any atom is 0.254 e. The van der Waals surface area contributed by atoms with E-state index in [0.29, 0.717) is 24.5 Å². The molecule has 1 atom stereocenters. The number of rotatable bonds is 5. The molecule has 2 rings (SSSR count). The quantitative estimate of drug-likeness (QED) is 0.832. The fourth-order valence-corrected chi connectivity index (χ4v) is 2.72. The van der Waals surface area contributed by atoms with Gasteiger partial charge in [0.25, 0.3) is 5.88 Å². The van der Waals surface area contributed by atoms with Gasteiger partial charge >= 0.3 is 0 Å². The number of nitrogens with zero attached hydrogens (tertiary/aromatic N) is 2. The highest BCUT2D eigenvalue weighted by Crippen LogP contribution is 2.21. The first kappa shape index (κ1) is 14.9. The van der Waals surface area contributed by atoms with Gasteiger partial charge in [-0.2, -0.15) is 0 Å². The largest absolute Gasteiger partial charge is 0.479 e. The monoisotopic (exact) mass is 280 g/mol. The summed E-state index contributed by atoms with van der Waals surface area (Å²) in [5, 5.41) is 3.74. The summed E-state index contributed by atoms with van der Waals surface area (Å²) in [6.07, 6.45) is 5.80. The van der Waals surface area contributed by atoms with Crippen LogP contribution in [0.3, 0.4) is 0 Å². The molecule has 1 aliphatic rings. The van der Waals surface area contributed by atoms with Crippen LogP contribution in [0.25, 0.3) is 0 Å². The van der Waals surface area contributed by atoms with Gasteiger partial charge in [-0.25, -0.2) is 0 Å². The Labute approximate surface area is 120 Å². The third-order valence-corrected chi connectivity index (χ3v) is 4.11. The molecule has 2 heterocycles. The number of carbonyl (C=O) groups excluding carboxylic acids is 1. The second kappa shape index (κ2) is 7.31. The molecular weight excluding hydrogens is 256 g/mol. The Morgan fingerprint density at radius 1 is 1.50 bits per heavy atom. The Balaban J connectivity index is 1.79. The van der Waals surface area contributed by atoms with Crippen molar-refractivity contribution >= 4 is 5.91 Å². The summed E-state index contributed by atoms with van der Waals surface area (Å²) in [5.74, 6) is 2.17. The minimum atomic E-state index is 0.220. The molecule has 1 amide bonds. The van der Waals surface area contributed by atoms with Crippen LogP contribution in [0.15, 0.2) is 10.6 Å². The van der Waals surface area contributed by atoms with E-state index in [1.165, 1.54) is 12.8 Å². The number of hydrogen-bond acceptors (Lipinski definition) is 4.